The largest absolute Gasteiger partial charge is 0.359 e. The molecule has 4 heteroatoms. The number of piperidine rings is 1. The van der Waals surface area contributed by atoms with E-state index in [9.17, 15) is 0 Å². The van der Waals surface area contributed by atoms with Crippen LogP contribution in [0.1, 0.15) is 39.0 Å². The van der Waals surface area contributed by atoms with Crippen molar-refractivity contribution in [3.05, 3.63) is 0 Å². The lowest BCUT2D eigenvalue weighted by Gasteiger charge is -2.36. The number of hydrogen-bond donors (Lipinski definition) is 2. The highest BCUT2D eigenvalue weighted by atomic mass is 15.2. The molecule has 1 rings (SSSR count). The molecule has 2 N–H and O–H groups in total. The van der Waals surface area contributed by atoms with Gasteiger partial charge in [-0.05, 0) is 32.4 Å². The summed E-state index contributed by atoms with van der Waals surface area (Å²) in [5.74, 6) is 0.894. The van der Waals surface area contributed by atoms with Crippen LogP contribution in [0, 0.1) is 0 Å². The van der Waals surface area contributed by atoms with Gasteiger partial charge in [0.05, 0.1) is 0 Å². The van der Waals surface area contributed by atoms with E-state index >= 15 is 0 Å². The standard InChI is InChI=1S/C13H28N4/c1-4-5-9-17-10-7-6-8-12(17)11-16-13(14-2)15-3/h12H,4-11H2,1-3H3,(H2,14,15,16). The molecule has 1 fully saturated rings. The summed E-state index contributed by atoms with van der Waals surface area (Å²) in [5.41, 5.74) is 0. The number of unbranched alkanes of at least 4 members (excludes halogenated alkanes) is 1. The first-order valence-corrected chi connectivity index (χ1v) is 6.94. The summed E-state index contributed by atoms with van der Waals surface area (Å²) in [7, 11) is 3.72. The molecule has 1 aliphatic heterocycles. The highest BCUT2D eigenvalue weighted by Crippen LogP contribution is 2.16. The number of nitrogens with zero attached hydrogens (tertiary/aromatic N) is 2. The van der Waals surface area contributed by atoms with Crippen LogP contribution in [0.5, 0.6) is 0 Å². The molecule has 0 bridgehead atoms. The Labute approximate surface area is 106 Å². The van der Waals surface area contributed by atoms with E-state index in [0.29, 0.717) is 6.04 Å². The van der Waals surface area contributed by atoms with Gasteiger partial charge >= 0.3 is 0 Å². The van der Waals surface area contributed by atoms with E-state index in [2.05, 4.69) is 27.4 Å². The number of aliphatic imine (C=N–C) groups is 1. The molecule has 0 spiro atoms. The minimum atomic E-state index is 0.681. The molecule has 4 nitrogen and oxygen atoms in total. The fraction of sp³-hybridized carbons (Fsp3) is 0.923. The molecule has 17 heavy (non-hydrogen) atoms. The third-order valence-corrected chi connectivity index (χ3v) is 3.51. The second-order valence-electron chi connectivity index (χ2n) is 4.74. The van der Waals surface area contributed by atoms with Crippen molar-refractivity contribution < 1.29 is 0 Å². The summed E-state index contributed by atoms with van der Waals surface area (Å²) < 4.78 is 0. The van der Waals surface area contributed by atoms with Crippen molar-refractivity contribution in [3.63, 3.8) is 0 Å². The zero-order chi connectivity index (χ0) is 12.5. The van der Waals surface area contributed by atoms with Crippen molar-refractivity contribution in [2.24, 2.45) is 4.99 Å². The number of likely N-dealkylation sites (tertiary alicyclic amines) is 1. The lowest BCUT2D eigenvalue weighted by atomic mass is 10.0. The maximum atomic E-state index is 4.15. The first kappa shape index (κ1) is 14.3. The van der Waals surface area contributed by atoms with Gasteiger partial charge in [-0.25, -0.2) is 0 Å². The second kappa shape index (κ2) is 8.34. The van der Waals surface area contributed by atoms with Crippen molar-refractivity contribution in [3.8, 4) is 0 Å². The molecule has 1 unspecified atom stereocenters. The van der Waals surface area contributed by atoms with Gasteiger partial charge < -0.3 is 10.6 Å². The van der Waals surface area contributed by atoms with Crippen molar-refractivity contribution in [1.82, 2.24) is 15.5 Å². The Morgan fingerprint density at radius 1 is 1.41 bits per heavy atom. The summed E-state index contributed by atoms with van der Waals surface area (Å²) in [6, 6.07) is 0.681. The first-order valence-electron chi connectivity index (χ1n) is 6.94. The Balaban J connectivity index is 2.36. The average molecular weight is 240 g/mol. The van der Waals surface area contributed by atoms with Crippen molar-refractivity contribution >= 4 is 5.96 Å². The summed E-state index contributed by atoms with van der Waals surface area (Å²) in [5, 5.41) is 6.46. The summed E-state index contributed by atoms with van der Waals surface area (Å²) >= 11 is 0. The average Bonchev–Trinajstić information content (AvgIpc) is 2.38. The van der Waals surface area contributed by atoms with E-state index in [1.165, 1.54) is 45.2 Å². The van der Waals surface area contributed by atoms with Gasteiger partial charge in [0.1, 0.15) is 0 Å². The molecule has 1 heterocycles. The molecule has 0 aromatic carbocycles. The highest BCUT2D eigenvalue weighted by Gasteiger charge is 2.21. The van der Waals surface area contributed by atoms with Crippen LogP contribution in [0.2, 0.25) is 0 Å². The summed E-state index contributed by atoms with van der Waals surface area (Å²) in [4.78, 5) is 6.80. The SMILES string of the molecule is CCCCN1CCCCC1CNC(=NC)NC. The molecule has 0 radical (unpaired) electrons. The van der Waals surface area contributed by atoms with Crippen LogP contribution in [-0.4, -0.2) is 50.6 Å². The number of rotatable bonds is 5. The minimum absolute atomic E-state index is 0.681. The van der Waals surface area contributed by atoms with Gasteiger partial charge in [0.2, 0.25) is 0 Å². The topological polar surface area (TPSA) is 39.7 Å². The normalized spacial score (nSPS) is 22.5. The first-order chi connectivity index (χ1) is 8.31. The Bertz CT molecular complexity index is 227. The third-order valence-electron chi connectivity index (χ3n) is 3.51. The van der Waals surface area contributed by atoms with Gasteiger partial charge in [-0.1, -0.05) is 19.8 Å². The Kier molecular flexibility index (Phi) is 7.01. The molecule has 0 saturated carbocycles. The second-order valence-corrected chi connectivity index (χ2v) is 4.74. The lowest BCUT2D eigenvalue weighted by molar-refractivity contribution is 0.147. The van der Waals surface area contributed by atoms with Crippen LogP contribution in [0.15, 0.2) is 4.99 Å². The van der Waals surface area contributed by atoms with Gasteiger partial charge in [0.25, 0.3) is 0 Å². The van der Waals surface area contributed by atoms with Crippen molar-refractivity contribution in [2.75, 3.05) is 33.7 Å². The zero-order valence-electron chi connectivity index (χ0n) is 11.6. The Morgan fingerprint density at radius 2 is 2.24 bits per heavy atom. The van der Waals surface area contributed by atoms with Gasteiger partial charge in [-0.2, -0.15) is 0 Å². The molecule has 0 aromatic rings. The third kappa shape index (κ3) is 4.94. The Hall–Kier alpha value is -0.770. The quantitative estimate of drug-likeness (QED) is 0.564. The van der Waals surface area contributed by atoms with E-state index in [1.807, 2.05) is 14.1 Å². The number of hydrogen-bond acceptors (Lipinski definition) is 2. The highest BCUT2D eigenvalue weighted by molar-refractivity contribution is 5.79. The molecular weight excluding hydrogens is 212 g/mol. The maximum absolute atomic E-state index is 4.15. The van der Waals surface area contributed by atoms with Crippen LogP contribution < -0.4 is 10.6 Å². The number of guanidine groups is 1. The van der Waals surface area contributed by atoms with Crippen LogP contribution in [-0.2, 0) is 0 Å². The van der Waals surface area contributed by atoms with E-state index < -0.39 is 0 Å². The van der Waals surface area contributed by atoms with E-state index in [-0.39, 0.29) is 0 Å². The van der Waals surface area contributed by atoms with Gasteiger partial charge in [0.15, 0.2) is 5.96 Å². The molecule has 1 atom stereocenters. The van der Waals surface area contributed by atoms with Crippen LogP contribution in [0.4, 0.5) is 0 Å². The van der Waals surface area contributed by atoms with Crippen molar-refractivity contribution in [1.29, 1.82) is 0 Å². The van der Waals surface area contributed by atoms with Crippen LogP contribution in [0.3, 0.4) is 0 Å². The molecule has 1 saturated heterocycles. The number of nitrogens with one attached hydrogen (secondary N) is 2. The van der Waals surface area contributed by atoms with Crippen molar-refractivity contribution in [2.45, 2.75) is 45.1 Å². The monoisotopic (exact) mass is 240 g/mol. The molecule has 0 amide bonds. The predicted octanol–water partition coefficient (Wildman–Crippen LogP) is 1.44. The van der Waals surface area contributed by atoms with Gasteiger partial charge in [-0.15, -0.1) is 0 Å². The van der Waals surface area contributed by atoms with E-state index in [1.54, 1.807) is 0 Å². The predicted molar refractivity (Wildman–Crippen MR) is 74.5 cm³/mol. The molecular formula is C13H28N4. The fourth-order valence-electron chi connectivity index (χ4n) is 2.44. The summed E-state index contributed by atoms with van der Waals surface area (Å²) in [6.07, 6.45) is 6.65. The molecule has 0 aliphatic carbocycles. The van der Waals surface area contributed by atoms with Crippen LogP contribution >= 0.6 is 0 Å². The van der Waals surface area contributed by atoms with E-state index in [0.717, 1.165) is 12.5 Å². The lowest BCUT2D eigenvalue weighted by Crippen LogP contribution is -2.48. The van der Waals surface area contributed by atoms with Gasteiger partial charge in [-0.3, -0.25) is 9.89 Å². The zero-order valence-corrected chi connectivity index (χ0v) is 11.6. The molecule has 0 aromatic heterocycles. The van der Waals surface area contributed by atoms with Crippen LogP contribution in [0.25, 0.3) is 0 Å². The maximum Gasteiger partial charge on any atom is 0.190 e. The molecule has 100 valence electrons. The summed E-state index contributed by atoms with van der Waals surface area (Å²) in [6.45, 7) is 5.79. The fourth-order valence-corrected chi connectivity index (χ4v) is 2.44. The Morgan fingerprint density at radius 3 is 2.88 bits per heavy atom. The minimum Gasteiger partial charge on any atom is -0.359 e. The smallest absolute Gasteiger partial charge is 0.190 e. The molecule has 1 aliphatic rings. The van der Waals surface area contributed by atoms with Gasteiger partial charge in [0, 0.05) is 26.7 Å². The van der Waals surface area contributed by atoms with E-state index in [4.69, 9.17) is 0 Å².